The number of aromatic nitrogens is 5. The Kier molecular flexibility index (Phi) is 8.52. The highest BCUT2D eigenvalue weighted by Gasteiger charge is 2.24. The molecule has 326 valence electrons. The van der Waals surface area contributed by atoms with E-state index < -0.39 is 0 Å². The summed E-state index contributed by atoms with van der Waals surface area (Å²) in [7, 11) is 0. The summed E-state index contributed by atoms with van der Waals surface area (Å²) in [4.78, 5) is 15.1. The van der Waals surface area contributed by atoms with Crippen LogP contribution in [0.5, 0.6) is 0 Å². The number of hydrogen-bond donors (Lipinski definition) is 0. The first kappa shape index (κ1) is 39.1. The van der Waals surface area contributed by atoms with Crippen LogP contribution in [-0.4, -0.2) is 24.1 Å². The highest BCUT2D eigenvalue weighted by molar-refractivity contribution is 7.27. The van der Waals surface area contributed by atoms with Gasteiger partial charge in [-0.2, -0.15) is 0 Å². The van der Waals surface area contributed by atoms with Crippen molar-refractivity contribution in [3.05, 3.63) is 236 Å². The molecule has 1 aliphatic rings. The summed E-state index contributed by atoms with van der Waals surface area (Å²) < 4.78 is 7.52. The second kappa shape index (κ2) is 15.3. The van der Waals surface area contributed by atoms with Crippen LogP contribution in [-0.2, 0) is 6.42 Å². The van der Waals surface area contributed by atoms with Gasteiger partial charge < -0.3 is 9.13 Å². The van der Waals surface area contributed by atoms with Crippen molar-refractivity contribution < 1.29 is 0 Å². The Labute approximate surface area is 406 Å². The van der Waals surface area contributed by atoms with Crippen LogP contribution < -0.4 is 0 Å². The van der Waals surface area contributed by atoms with Crippen LogP contribution in [0.25, 0.3) is 132 Å². The minimum Gasteiger partial charge on any atom is -0.309 e. The third-order valence-electron chi connectivity index (χ3n) is 14.4. The van der Waals surface area contributed by atoms with Gasteiger partial charge in [-0.1, -0.05) is 170 Å². The van der Waals surface area contributed by atoms with Crippen LogP contribution in [0.15, 0.2) is 224 Å². The minimum absolute atomic E-state index is 0.660. The fourth-order valence-electron chi connectivity index (χ4n) is 11.2. The van der Waals surface area contributed by atoms with Crippen molar-refractivity contribution >= 4 is 75.1 Å². The fourth-order valence-corrected chi connectivity index (χ4v) is 12.5. The molecule has 0 unspecified atom stereocenters. The lowest BCUT2D eigenvalue weighted by molar-refractivity contribution is 1.07. The zero-order chi connectivity index (χ0) is 45.9. The van der Waals surface area contributed by atoms with E-state index in [1.807, 2.05) is 47.7 Å². The summed E-state index contributed by atoms with van der Waals surface area (Å²) in [6, 6.07) is 81.1. The SMILES string of the molecule is c1ccc(-c2nc(-c3ccccc3)nc(-c3ccc4c(c3)-c3cc(-n5c6ccccc6c6cc(-c7cccc8c7sc7c8ccc8c9ccccc9n(-c9ccccc9)c87)ccc65)ccc3C4)n2)cc1. The maximum atomic E-state index is 5.07. The molecule has 0 saturated carbocycles. The highest BCUT2D eigenvalue weighted by atomic mass is 32.1. The van der Waals surface area contributed by atoms with Crippen LogP contribution in [0.4, 0.5) is 0 Å². The Morgan fingerprint density at radius 1 is 0.314 bits per heavy atom. The van der Waals surface area contributed by atoms with Gasteiger partial charge in [0.2, 0.25) is 0 Å². The molecule has 0 amide bonds. The second-order valence-corrected chi connectivity index (χ2v) is 19.3. The Balaban J connectivity index is 0.858. The monoisotopic (exact) mass is 909 g/mol. The van der Waals surface area contributed by atoms with Crippen molar-refractivity contribution in [1.29, 1.82) is 0 Å². The van der Waals surface area contributed by atoms with Gasteiger partial charge in [-0.05, 0) is 94.4 Å². The number of para-hydroxylation sites is 3. The Morgan fingerprint density at radius 3 is 1.59 bits per heavy atom. The Bertz CT molecular complexity index is 4370. The van der Waals surface area contributed by atoms with E-state index in [-0.39, 0.29) is 0 Å². The number of nitrogens with zero attached hydrogens (tertiary/aromatic N) is 5. The van der Waals surface area contributed by atoms with E-state index in [1.165, 1.54) is 103 Å². The lowest BCUT2D eigenvalue weighted by Crippen LogP contribution is -2.00. The normalized spacial score (nSPS) is 12.2. The molecule has 0 spiro atoms. The zero-order valence-corrected chi connectivity index (χ0v) is 38.5. The highest BCUT2D eigenvalue weighted by Crippen LogP contribution is 2.47. The third kappa shape index (κ3) is 5.93. The predicted molar refractivity (Wildman–Crippen MR) is 291 cm³/mol. The zero-order valence-electron chi connectivity index (χ0n) is 37.7. The summed E-state index contributed by atoms with van der Waals surface area (Å²) >= 11 is 1.92. The lowest BCUT2D eigenvalue weighted by Gasteiger charge is -2.12. The quantitative estimate of drug-likeness (QED) is 0.167. The molecule has 0 radical (unpaired) electrons. The van der Waals surface area contributed by atoms with Crippen LogP contribution in [0.2, 0.25) is 0 Å². The second-order valence-electron chi connectivity index (χ2n) is 18.3. The van der Waals surface area contributed by atoms with Crippen molar-refractivity contribution in [2.24, 2.45) is 0 Å². The smallest absolute Gasteiger partial charge is 0.164 e. The van der Waals surface area contributed by atoms with E-state index >= 15 is 0 Å². The van der Waals surface area contributed by atoms with Crippen LogP contribution in [0, 0.1) is 0 Å². The molecule has 14 aromatic rings. The first-order chi connectivity index (χ1) is 34.7. The average molecular weight is 910 g/mol. The molecule has 15 rings (SSSR count). The van der Waals surface area contributed by atoms with Gasteiger partial charge in [0, 0.05) is 65.1 Å². The predicted octanol–water partition coefficient (Wildman–Crippen LogP) is 16.7. The number of benzene rings is 10. The Morgan fingerprint density at radius 2 is 0.857 bits per heavy atom. The molecule has 70 heavy (non-hydrogen) atoms. The topological polar surface area (TPSA) is 48.5 Å². The van der Waals surface area contributed by atoms with E-state index in [4.69, 9.17) is 15.0 Å². The maximum Gasteiger partial charge on any atom is 0.164 e. The standard InChI is InChI=1S/C64H39N5S/c1-4-15-39(16-5-1)62-65-63(40-17-6-2-7-18-40)67-64(66-62)44-28-27-41-35-42-29-31-46(38-54(42)53(41)37-44)68-56-25-12-11-22-49(56)55-36-43(30-34-58(55)68)47-23-14-24-51-52-33-32-50-48-21-10-13-26-57(48)69(45-19-8-3-9-20-45)59(50)61(52)70-60(47)51/h1-34,36-38H,35H2. The van der Waals surface area contributed by atoms with E-state index in [9.17, 15) is 0 Å². The summed E-state index contributed by atoms with van der Waals surface area (Å²) in [5, 5.41) is 7.60. The van der Waals surface area contributed by atoms with Gasteiger partial charge in [0.25, 0.3) is 0 Å². The molecule has 5 nitrogen and oxygen atoms in total. The summed E-state index contributed by atoms with van der Waals surface area (Å²) in [6.07, 6.45) is 0.882. The molecular formula is C64H39N5S. The van der Waals surface area contributed by atoms with E-state index in [0.717, 1.165) is 28.8 Å². The van der Waals surface area contributed by atoms with Crippen LogP contribution in [0.1, 0.15) is 11.1 Å². The van der Waals surface area contributed by atoms with Crippen molar-refractivity contribution in [2.45, 2.75) is 6.42 Å². The first-order valence-corrected chi connectivity index (χ1v) is 24.6. The summed E-state index contributed by atoms with van der Waals surface area (Å²) in [6.45, 7) is 0. The molecule has 0 bridgehead atoms. The fraction of sp³-hybridized carbons (Fsp3) is 0.0156. The first-order valence-electron chi connectivity index (χ1n) is 23.8. The van der Waals surface area contributed by atoms with Gasteiger partial charge in [-0.3, -0.25) is 0 Å². The number of rotatable bonds is 6. The van der Waals surface area contributed by atoms with E-state index in [1.54, 1.807) is 0 Å². The third-order valence-corrected chi connectivity index (χ3v) is 15.6. The molecular weight excluding hydrogens is 871 g/mol. The average Bonchev–Trinajstić information content (AvgIpc) is 4.19. The molecule has 0 fully saturated rings. The lowest BCUT2D eigenvalue weighted by atomic mass is 10.00. The number of thiophene rings is 1. The Hall–Kier alpha value is -8.97. The molecule has 0 aliphatic heterocycles. The van der Waals surface area contributed by atoms with E-state index in [2.05, 4.69) is 197 Å². The maximum absolute atomic E-state index is 5.07. The van der Waals surface area contributed by atoms with Crippen molar-refractivity contribution in [3.63, 3.8) is 0 Å². The summed E-state index contributed by atoms with van der Waals surface area (Å²) in [5.74, 6) is 1.98. The van der Waals surface area contributed by atoms with Gasteiger partial charge in [0.15, 0.2) is 17.5 Å². The van der Waals surface area contributed by atoms with Crippen molar-refractivity contribution in [1.82, 2.24) is 24.1 Å². The van der Waals surface area contributed by atoms with E-state index in [0.29, 0.717) is 17.5 Å². The molecule has 4 aromatic heterocycles. The van der Waals surface area contributed by atoms with Crippen molar-refractivity contribution in [3.8, 4) is 67.8 Å². The molecule has 1 aliphatic carbocycles. The molecule has 0 atom stereocenters. The van der Waals surface area contributed by atoms with Gasteiger partial charge in [0.1, 0.15) is 0 Å². The van der Waals surface area contributed by atoms with Gasteiger partial charge in [-0.25, -0.2) is 15.0 Å². The molecule has 4 heterocycles. The molecule has 10 aromatic carbocycles. The minimum atomic E-state index is 0.660. The number of fused-ring (bicyclic) bond motifs is 13. The number of hydrogen-bond acceptors (Lipinski definition) is 4. The van der Waals surface area contributed by atoms with Crippen LogP contribution in [0.3, 0.4) is 0 Å². The van der Waals surface area contributed by atoms with Crippen LogP contribution >= 0.6 is 11.3 Å². The molecule has 0 N–H and O–H groups in total. The summed E-state index contributed by atoms with van der Waals surface area (Å²) in [5.41, 5.74) is 17.6. The largest absolute Gasteiger partial charge is 0.309 e. The molecule has 0 saturated heterocycles. The van der Waals surface area contributed by atoms with Gasteiger partial charge in [0.05, 0.1) is 26.8 Å². The van der Waals surface area contributed by atoms with Gasteiger partial charge >= 0.3 is 0 Å². The van der Waals surface area contributed by atoms with Gasteiger partial charge in [-0.15, -0.1) is 11.3 Å². The molecule has 6 heteroatoms. The van der Waals surface area contributed by atoms with Crippen molar-refractivity contribution in [2.75, 3.05) is 0 Å².